The summed E-state index contributed by atoms with van der Waals surface area (Å²) in [6.07, 6.45) is 8.56. The van der Waals surface area contributed by atoms with Gasteiger partial charge >= 0.3 is 0 Å². The predicted octanol–water partition coefficient (Wildman–Crippen LogP) is 4.43. The van der Waals surface area contributed by atoms with Crippen molar-refractivity contribution in [3.8, 4) is 17.0 Å². The van der Waals surface area contributed by atoms with E-state index in [9.17, 15) is 0 Å². The number of methoxy groups -OCH3 is 1. The van der Waals surface area contributed by atoms with Crippen LogP contribution >= 0.6 is 0 Å². The van der Waals surface area contributed by atoms with Crippen LogP contribution in [0, 0.1) is 0 Å². The zero-order valence-electron chi connectivity index (χ0n) is 18.6. The summed E-state index contributed by atoms with van der Waals surface area (Å²) in [6.45, 7) is 7.98. The Kier molecular flexibility index (Phi) is 5.36. The summed E-state index contributed by atoms with van der Waals surface area (Å²) in [5.41, 5.74) is 7.34. The Balaban J connectivity index is 1.53. The Bertz CT molecular complexity index is 1200. The number of rotatable bonds is 6. The highest BCUT2D eigenvalue weighted by Crippen LogP contribution is 2.36. The number of likely N-dealkylation sites (tertiary alicyclic amines) is 1. The zero-order chi connectivity index (χ0) is 21.4. The largest absolute Gasteiger partial charge is 0.493 e. The monoisotopic (exact) mass is 418 g/mol. The summed E-state index contributed by atoms with van der Waals surface area (Å²) in [6, 6.07) is 6.37. The summed E-state index contributed by atoms with van der Waals surface area (Å²) in [7, 11) is 1.67. The van der Waals surface area contributed by atoms with Crippen molar-refractivity contribution >= 4 is 16.7 Å². The molecule has 0 radical (unpaired) electrons. The molecule has 1 N–H and O–H groups in total. The van der Waals surface area contributed by atoms with Gasteiger partial charge < -0.3 is 14.6 Å². The molecule has 0 unspecified atom stereocenters. The second kappa shape index (κ2) is 8.30. The molecule has 7 heteroatoms. The van der Waals surface area contributed by atoms with Gasteiger partial charge in [0.1, 0.15) is 6.33 Å². The first-order valence-electron chi connectivity index (χ1n) is 11.3. The smallest absolute Gasteiger partial charge is 0.197 e. The van der Waals surface area contributed by atoms with Crippen LogP contribution < -0.4 is 4.74 Å². The van der Waals surface area contributed by atoms with Gasteiger partial charge in [0.05, 0.1) is 23.8 Å². The van der Waals surface area contributed by atoms with Crippen LogP contribution in [0.3, 0.4) is 0 Å². The minimum Gasteiger partial charge on any atom is -0.493 e. The van der Waals surface area contributed by atoms with Gasteiger partial charge in [0, 0.05) is 36.0 Å². The van der Waals surface area contributed by atoms with Crippen LogP contribution in [-0.4, -0.2) is 56.2 Å². The third kappa shape index (κ3) is 3.78. The van der Waals surface area contributed by atoms with E-state index < -0.39 is 0 Å². The molecule has 1 aliphatic rings. The van der Waals surface area contributed by atoms with Gasteiger partial charge in [-0.2, -0.15) is 5.10 Å². The van der Waals surface area contributed by atoms with Crippen molar-refractivity contribution in [1.82, 2.24) is 29.5 Å². The van der Waals surface area contributed by atoms with Crippen molar-refractivity contribution in [1.29, 1.82) is 0 Å². The molecule has 0 atom stereocenters. The highest BCUT2D eigenvalue weighted by Gasteiger charge is 2.20. The van der Waals surface area contributed by atoms with Crippen LogP contribution in [-0.2, 0) is 6.42 Å². The van der Waals surface area contributed by atoms with Crippen molar-refractivity contribution in [2.75, 3.05) is 26.7 Å². The second-order valence-corrected chi connectivity index (χ2v) is 8.74. The molecule has 4 aromatic heterocycles. The van der Waals surface area contributed by atoms with E-state index in [2.05, 4.69) is 45.9 Å². The van der Waals surface area contributed by atoms with Crippen molar-refractivity contribution in [2.45, 2.75) is 45.4 Å². The van der Waals surface area contributed by atoms with Gasteiger partial charge in [0.15, 0.2) is 11.4 Å². The standard InChI is InChI=1S/C24H30N6O/c1-16(2)21-22(17-13-20(31-3)24-25-15-26-30(24)14-17)28-19-8-7-18(27-23(19)21)9-12-29-10-5-4-6-11-29/h7-8,13-16,28H,4-6,9-12H2,1-3H3. The molecule has 4 aromatic rings. The van der Waals surface area contributed by atoms with Gasteiger partial charge in [-0.1, -0.05) is 20.3 Å². The Labute approximate surface area is 182 Å². The van der Waals surface area contributed by atoms with E-state index >= 15 is 0 Å². The average Bonchev–Trinajstić information content (AvgIpc) is 3.42. The molecule has 1 aliphatic heterocycles. The average molecular weight is 419 g/mol. The van der Waals surface area contributed by atoms with Gasteiger partial charge in [-0.15, -0.1) is 0 Å². The normalized spacial score (nSPS) is 15.4. The van der Waals surface area contributed by atoms with Crippen LogP contribution in [0.15, 0.2) is 30.7 Å². The number of ether oxygens (including phenoxy) is 1. The Hall–Kier alpha value is -2.93. The lowest BCUT2D eigenvalue weighted by atomic mass is 9.98. The maximum atomic E-state index is 5.57. The van der Waals surface area contributed by atoms with E-state index in [0.29, 0.717) is 17.3 Å². The highest BCUT2D eigenvalue weighted by atomic mass is 16.5. The molecule has 31 heavy (non-hydrogen) atoms. The topological polar surface area (TPSA) is 71.3 Å². The first kappa shape index (κ1) is 20.0. The molecule has 5 rings (SSSR count). The van der Waals surface area contributed by atoms with Crippen LogP contribution in [0.25, 0.3) is 27.9 Å². The van der Waals surface area contributed by atoms with Gasteiger partial charge in [0.25, 0.3) is 0 Å². The third-order valence-electron chi connectivity index (χ3n) is 6.30. The first-order valence-corrected chi connectivity index (χ1v) is 11.3. The Morgan fingerprint density at radius 2 is 2.00 bits per heavy atom. The van der Waals surface area contributed by atoms with E-state index in [1.807, 2.05) is 12.3 Å². The molecule has 0 aliphatic carbocycles. The van der Waals surface area contributed by atoms with Gasteiger partial charge in [0.2, 0.25) is 0 Å². The zero-order valence-corrected chi connectivity index (χ0v) is 18.6. The van der Waals surface area contributed by atoms with Crippen molar-refractivity contribution in [3.63, 3.8) is 0 Å². The maximum absolute atomic E-state index is 5.57. The molecule has 0 spiro atoms. The number of nitrogens with zero attached hydrogens (tertiary/aromatic N) is 5. The number of piperidine rings is 1. The van der Waals surface area contributed by atoms with E-state index in [1.54, 1.807) is 18.0 Å². The molecule has 0 bridgehead atoms. The quantitative estimate of drug-likeness (QED) is 0.501. The highest BCUT2D eigenvalue weighted by molar-refractivity contribution is 5.89. The minimum atomic E-state index is 0.325. The number of pyridine rings is 2. The lowest BCUT2D eigenvalue weighted by molar-refractivity contribution is 0.231. The van der Waals surface area contributed by atoms with E-state index in [1.165, 1.54) is 37.9 Å². The fourth-order valence-corrected chi connectivity index (χ4v) is 4.69. The van der Waals surface area contributed by atoms with Gasteiger partial charge in [-0.25, -0.2) is 9.50 Å². The Morgan fingerprint density at radius 3 is 2.77 bits per heavy atom. The first-order chi connectivity index (χ1) is 15.1. The molecule has 162 valence electrons. The summed E-state index contributed by atoms with van der Waals surface area (Å²) >= 11 is 0. The fourth-order valence-electron chi connectivity index (χ4n) is 4.69. The maximum Gasteiger partial charge on any atom is 0.197 e. The van der Waals surface area contributed by atoms with E-state index in [-0.39, 0.29) is 0 Å². The lowest BCUT2D eigenvalue weighted by Gasteiger charge is -2.26. The number of nitrogens with one attached hydrogen (secondary N) is 1. The van der Waals surface area contributed by atoms with Gasteiger partial charge in [-0.05, 0) is 50.0 Å². The van der Waals surface area contributed by atoms with Crippen LogP contribution in [0.1, 0.15) is 50.3 Å². The number of H-pyrrole nitrogens is 1. The number of aromatic amines is 1. The third-order valence-corrected chi connectivity index (χ3v) is 6.30. The summed E-state index contributed by atoms with van der Waals surface area (Å²) in [5.74, 6) is 1.03. The summed E-state index contributed by atoms with van der Waals surface area (Å²) in [4.78, 5) is 15.6. The molecule has 1 fully saturated rings. The van der Waals surface area contributed by atoms with Crippen molar-refractivity contribution in [3.05, 3.63) is 42.0 Å². The molecule has 0 saturated carbocycles. The van der Waals surface area contributed by atoms with Crippen molar-refractivity contribution < 1.29 is 4.74 Å². The van der Waals surface area contributed by atoms with Crippen LogP contribution in [0.5, 0.6) is 5.75 Å². The molecule has 0 aromatic carbocycles. The number of aromatic nitrogens is 5. The summed E-state index contributed by atoms with van der Waals surface area (Å²) < 4.78 is 7.34. The molecule has 7 nitrogen and oxygen atoms in total. The molecular weight excluding hydrogens is 388 g/mol. The SMILES string of the molecule is COc1cc(-c2[nH]c3ccc(CCN4CCCCC4)nc3c2C(C)C)cn2ncnc12. The fraction of sp³-hybridized carbons (Fsp3) is 0.458. The molecule has 1 saturated heterocycles. The van der Waals surface area contributed by atoms with Crippen molar-refractivity contribution in [2.24, 2.45) is 0 Å². The van der Waals surface area contributed by atoms with E-state index in [0.717, 1.165) is 41.0 Å². The number of fused-ring (bicyclic) bond motifs is 2. The Morgan fingerprint density at radius 1 is 1.16 bits per heavy atom. The number of hydrogen-bond donors (Lipinski definition) is 1. The van der Waals surface area contributed by atoms with E-state index in [4.69, 9.17) is 9.72 Å². The summed E-state index contributed by atoms with van der Waals surface area (Å²) in [5, 5.41) is 4.32. The predicted molar refractivity (Wildman–Crippen MR) is 123 cm³/mol. The lowest BCUT2D eigenvalue weighted by Crippen LogP contribution is -2.31. The number of hydrogen-bond acceptors (Lipinski definition) is 5. The molecule has 0 amide bonds. The van der Waals surface area contributed by atoms with Crippen LogP contribution in [0.4, 0.5) is 0 Å². The van der Waals surface area contributed by atoms with Crippen LogP contribution in [0.2, 0.25) is 0 Å². The second-order valence-electron chi connectivity index (χ2n) is 8.74. The van der Waals surface area contributed by atoms with Gasteiger partial charge in [-0.3, -0.25) is 4.98 Å². The minimum absolute atomic E-state index is 0.325. The molecular formula is C24H30N6O. The molecule has 5 heterocycles.